The second kappa shape index (κ2) is 33.4. The standard InChI is InChI=1S/C21H43N3O12Si3.C18H34N3O9Si2.C15H24N3O6Si/c1-28-37(29-2,30-3)16-10-13-22-19(25)23(14-11-17(23)38(31-4,32-5)33-6)21(27)24(20(22)26)15-12-18(24)39(34-7,35-8)36-9;1-8-11-19-16(22)20(12-9-14-31(25-2,26-3)27-4)18(24)21(17(19)23)13-10-15(21)32(28-5,29-6)30-7;1-6-9-16-13(19)17(10-7-2)15(21)18(14(16)20)11-8-12(18)25(22-3,23-4)24-5/h17-18H,10-16H2,1-9H3;8,15H,1,9-14H2,2-7H3;6-7,12H,1-2,8-11H2,3-5H3/q+2;2*+1. The van der Waals surface area contributed by atoms with E-state index in [0.717, 1.165) is 19.6 Å². The second-order valence-corrected chi connectivity index (χ2v) is 41.4. The summed E-state index contributed by atoms with van der Waals surface area (Å²) in [5, 5.41) is 0. The van der Waals surface area contributed by atoms with Crippen molar-refractivity contribution < 1.29 is 141 Å². The van der Waals surface area contributed by atoms with Gasteiger partial charge in [-0.1, -0.05) is 18.2 Å². The number of hydrogen-bond acceptors (Lipinski definition) is 27. The summed E-state index contributed by atoms with van der Waals surface area (Å²) in [4.78, 5) is 127. The van der Waals surface area contributed by atoms with Crippen molar-refractivity contribution in [3.8, 4) is 0 Å². The van der Waals surface area contributed by atoms with Gasteiger partial charge in [-0.3, -0.25) is 0 Å². The van der Waals surface area contributed by atoms with Gasteiger partial charge >= 0.3 is 107 Å². The highest BCUT2D eigenvalue weighted by Gasteiger charge is 2.87. The van der Waals surface area contributed by atoms with Crippen molar-refractivity contribution in [3.63, 3.8) is 0 Å². The fourth-order valence-corrected chi connectivity index (χ4v) is 28.4. The number of amides is 18. The highest BCUT2D eigenvalue weighted by atomic mass is 28.4. The number of rotatable bonds is 36. The summed E-state index contributed by atoms with van der Waals surface area (Å²) in [5.41, 5.74) is -2.71. The number of carbonyl (C=O) groups excluding carboxylic acids is 9. The highest BCUT2D eigenvalue weighted by molar-refractivity contribution is 6.64. The zero-order valence-electron chi connectivity index (χ0n) is 58.7. The number of urea groups is 9. The van der Waals surface area contributed by atoms with Crippen molar-refractivity contribution in [1.29, 1.82) is 0 Å². The van der Waals surface area contributed by atoms with Crippen LogP contribution in [0, 0.1) is 0 Å². The molecule has 7 aliphatic rings. The van der Waals surface area contributed by atoms with Gasteiger partial charge in [0.05, 0.1) is 45.3 Å². The Morgan fingerprint density at radius 2 is 0.531 bits per heavy atom. The van der Waals surface area contributed by atoms with Crippen LogP contribution in [0.3, 0.4) is 0 Å². The normalized spacial score (nSPS) is 26.2. The quantitative estimate of drug-likeness (QED) is 0.0490. The summed E-state index contributed by atoms with van der Waals surface area (Å²) in [6.07, 6.45) is 6.93. The molecule has 0 aliphatic carbocycles. The van der Waals surface area contributed by atoms with Crippen molar-refractivity contribution in [2.45, 2.75) is 73.3 Å². The zero-order valence-corrected chi connectivity index (χ0v) is 64.7. The fraction of sp³-hybridized carbons (Fsp3) is 0.722. The predicted octanol–water partition coefficient (Wildman–Crippen LogP) is 3.71. The molecule has 7 fully saturated rings. The minimum Gasteiger partial charge on any atom is -0.377 e. The average molecular weight is 1480 g/mol. The van der Waals surface area contributed by atoms with E-state index in [1.165, 1.54) is 151 Å². The van der Waals surface area contributed by atoms with Gasteiger partial charge in [-0.25, -0.2) is 58.0 Å². The summed E-state index contributed by atoms with van der Waals surface area (Å²) < 4.78 is 97.9. The first-order chi connectivity index (χ1) is 45.7. The van der Waals surface area contributed by atoms with Crippen molar-refractivity contribution >= 4 is 107 Å². The third kappa shape index (κ3) is 13.0. The van der Waals surface area contributed by atoms with E-state index in [-0.39, 0.29) is 58.9 Å². The molecular formula is C54H101N9O27Si6+4. The van der Waals surface area contributed by atoms with E-state index in [0.29, 0.717) is 50.6 Å². The first-order valence-electron chi connectivity index (χ1n) is 30.7. The van der Waals surface area contributed by atoms with Crippen molar-refractivity contribution in [2.24, 2.45) is 0 Å². The Balaban J connectivity index is 0.000000267. The number of carbonyl (C=O) groups is 9. The van der Waals surface area contributed by atoms with Crippen LogP contribution in [0.25, 0.3) is 0 Å². The van der Waals surface area contributed by atoms with Crippen LogP contribution < -0.4 is 0 Å². The van der Waals surface area contributed by atoms with Gasteiger partial charge < -0.3 is 79.7 Å². The second-order valence-electron chi connectivity index (χ2n) is 22.8. The topological polar surface area (TPSA) is 336 Å². The van der Waals surface area contributed by atoms with E-state index in [4.69, 9.17) is 79.7 Å². The van der Waals surface area contributed by atoms with Crippen LogP contribution in [-0.4, -0.2) is 359 Å². The highest BCUT2D eigenvalue weighted by Crippen LogP contribution is 2.50. The molecule has 4 spiro atoms. The molecule has 7 aliphatic heterocycles. The molecule has 7 unspecified atom stereocenters. The molecule has 0 bridgehead atoms. The van der Waals surface area contributed by atoms with Gasteiger partial charge in [0, 0.05) is 153 Å². The van der Waals surface area contributed by atoms with Crippen LogP contribution in [0.2, 0.25) is 12.1 Å². The van der Waals surface area contributed by atoms with E-state index in [2.05, 4.69) is 19.7 Å². The lowest BCUT2D eigenvalue weighted by Gasteiger charge is -2.59. The van der Waals surface area contributed by atoms with E-state index in [9.17, 15) is 43.2 Å². The largest absolute Gasteiger partial charge is 0.563 e. The maximum atomic E-state index is 14.6. The van der Waals surface area contributed by atoms with Crippen LogP contribution in [0.15, 0.2) is 38.0 Å². The van der Waals surface area contributed by atoms with E-state index in [1.807, 2.05) is 0 Å². The van der Waals surface area contributed by atoms with Gasteiger partial charge in [0.25, 0.3) is 0 Å². The lowest BCUT2D eigenvalue weighted by Crippen LogP contribution is -2.94. The fourth-order valence-electron chi connectivity index (χ4n) is 14.2. The molecule has 7 rings (SSSR count). The van der Waals surface area contributed by atoms with Crippen LogP contribution in [0.5, 0.6) is 0 Å². The lowest BCUT2D eigenvalue weighted by atomic mass is 10.0. The molecule has 18 amide bonds. The Morgan fingerprint density at radius 3 is 0.740 bits per heavy atom. The molecule has 96 heavy (non-hydrogen) atoms. The lowest BCUT2D eigenvalue weighted by molar-refractivity contribution is -0.964. The molecule has 7 saturated heterocycles. The minimum atomic E-state index is -3.50. The summed E-state index contributed by atoms with van der Waals surface area (Å²) in [5.74, 6) is 0. The van der Waals surface area contributed by atoms with Crippen LogP contribution in [0.1, 0.15) is 38.5 Å². The molecule has 7 atom stereocenters. The Hall–Kier alpha value is -4.33. The van der Waals surface area contributed by atoms with Crippen molar-refractivity contribution in [1.82, 2.24) is 24.5 Å². The van der Waals surface area contributed by atoms with Crippen molar-refractivity contribution in [3.05, 3.63) is 38.0 Å². The first kappa shape index (κ1) is 82.3. The molecule has 36 nitrogen and oxygen atoms in total. The average Bonchev–Trinajstić information content (AvgIpc) is 0.675. The molecular weight excluding hydrogens is 1380 g/mol. The minimum absolute atomic E-state index is 0.00676. The summed E-state index contributed by atoms with van der Waals surface area (Å²) in [7, 11) is 6.69. The Bertz CT molecular complexity index is 2720. The van der Waals surface area contributed by atoms with Gasteiger partial charge in [-0.05, 0) is 12.8 Å². The van der Waals surface area contributed by atoms with E-state index < -0.39 is 148 Å². The van der Waals surface area contributed by atoms with Crippen LogP contribution in [0.4, 0.5) is 43.2 Å². The molecule has 0 aromatic carbocycles. The van der Waals surface area contributed by atoms with Crippen LogP contribution >= 0.6 is 0 Å². The number of nitrogens with zero attached hydrogens (tertiary/aromatic N) is 9. The van der Waals surface area contributed by atoms with Gasteiger partial charge in [0.1, 0.15) is 26.2 Å². The molecule has 0 N–H and O–H groups in total. The molecule has 0 aromatic rings. The molecule has 7 heterocycles. The summed E-state index contributed by atoms with van der Waals surface area (Å²) >= 11 is 0. The monoisotopic (exact) mass is 1480 g/mol. The maximum Gasteiger partial charge on any atom is 0.563 e. The molecule has 0 radical (unpaired) electrons. The van der Waals surface area contributed by atoms with Gasteiger partial charge in [-0.15, -0.1) is 28.7 Å². The summed E-state index contributed by atoms with van der Waals surface area (Å²) in [6, 6.07) is -4.87. The van der Waals surface area contributed by atoms with E-state index >= 15 is 0 Å². The summed E-state index contributed by atoms with van der Waals surface area (Å²) in [6.45, 7) is 11.7. The van der Waals surface area contributed by atoms with Crippen molar-refractivity contribution in [2.75, 3.05) is 187 Å². The predicted molar refractivity (Wildman–Crippen MR) is 346 cm³/mol. The molecule has 544 valence electrons. The van der Waals surface area contributed by atoms with Gasteiger partial charge in [-0.2, -0.15) is 18.7 Å². The Morgan fingerprint density at radius 1 is 0.323 bits per heavy atom. The first-order valence-corrected chi connectivity index (χ1v) is 41.8. The molecule has 0 aromatic heterocycles. The zero-order chi connectivity index (χ0) is 72.3. The van der Waals surface area contributed by atoms with E-state index in [1.54, 1.807) is 0 Å². The smallest absolute Gasteiger partial charge is 0.377 e. The van der Waals surface area contributed by atoms with Crippen LogP contribution in [-0.2, 0) is 79.7 Å². The number of imide groups is 9. The van der Waals surface area contributed by atoms with Gasteiger partial charge in [0.15, 0.2) is 22.7 Å². The SMILES string of the molecule is C=CCN1C(=O)N(CC=C)C(=O)[N+]2(CCC2[Si](OC)(OC)OC)C1=O.C=CCN1C(=O)N(CCC[Si](OC)(OC)OC)C(=O)[N+]2(CCC2[Si](OC)(OC)OC)C1=O.CO[Si](CCCN1C(=O)[N+]2(CCC2[Si](OC)(OC)OC)C(=O)[N+]2(CCC2[Si](OC)(OC)OC)C1=O)(OC)OC. The Labute approximate surface area is 568 Å². The molecule has 0 saturated carbocycles. The third-order valence-corrected chi connectivity index (χ3v) is 38.4. The van der Waals surface area contributed by atoms with Gasteiger partial charge in [0.2, 0.25) is 0 Å². The Kier molecular flexibility index (Phi) is 28.7. The maximum absolute atomic E-state index is 14.6. The third-order valence-electron chi connectivity index (χ3n) is 19.8. The number of hydrogen-bond donors (Lipinski definition) is 0. The number of quaternary nitrogens is 4. The molecule has 42 heteroatoms.